The predicted molar refractivity (Wildman–Crippen MR) is 156 cm³/mol. The lowest BCUT2D eigenvalue weighted by Gasteiger charge is -2.35. The molecule has 0 aromatic heterocycles. The lowest BCUT2D eigenvalue weighted by Crippen LogP contribution is -2.55. The van der Waals surface area contributed by atoms with Crippen LogP contribution >= 0.6 is 11.6 Å². The van der Waals surface area contributed by atoms with Crippen LogP contribution in [0.4, 0.5) is 5.69 Å². The summed E-state index contributed by atoms with van der Waals surface area (Å²) in [6.07, 6.45) is 0.349. The fourth-order valence-corrected chi connectivity index (χ4v) is 5.91. The van der Waals surface area contributed by atoms with E-state index in [4.69, 9.17) is 11.6 Å². The zero-order valence-corrected chi connectivity index (χ0v) is 24.6. The minimum atomic E-state index is -4.15. The van der Waals surface area contributed by atoms with Gasteiger partial charge in [-0.05, 0) is 69.5 Å². The van der Waals surface area contributed by atoms with Crippen molar-refractivity contribution in [1.29, 1.82) is 0 Å². The Bertz CT molecular complexity index is 1390. The summed E-state index contributed by atoms with van der Waals surface area (Å²) in [6, 6.07) is 21.4. The lowest BCUT2D eigenvalue weighted by molar-refractivity contribution is -0.141. The number of rotatable bonds is 10. The molecule has 7 nitrogen and oxygen atoms in total. The molecule has 208 valence electrons. The Morgan fingerprint density at radius 1 is 0.923 bits per heavy atom. The molecule has 0 spiro atoms. The smallest absolute Gasteiger partial charge is 0.264 e. The molecule has 0 radical (unpaired) electrons. The Morgan fingerprint density at radius 3 is 2.08 bits per heavy atom. The van der Waals surface area contributed by atoms with E-state index in [0.717, 1.165) is 9.87 Å². The number of halogens is 1. The summed E-state index contributed by atoms with van der Waals surface area (Å²) in [7, 11) is -4.15. The third kappa shape index (κ3) is 7.61. The summed E-state index contributed by atoms with van der Waals surface area (Å²) in [5, 5.41) is 3.35. The maximum absolute atomic E-state index is 14.1. The van der Waals surface area contributed by atoms with Gasteiger partial charge in [-0.3, -0.25) is 13.9 Å². The van der Waals surface area contributed by atoms with Gasteiger partial charge in [0.05, 0.1) is 10.6 Å². The highest BCUT2D eigenvalue weighted by Gasteiger charge is 2.35. The molecule has 0 heterocycles. The average Bonchev–Trinajstić information content (AvgIpc) is 2.89. The number of carbonyl (C=O) groups excluding carboxylic acids is 2. The Kier molecular flexibility index (Phi) is 9.80. The second-order valence-electron chi connectivity index (χ2n) is 10.4. The number of amides is 2. The molecule has 0 aliphatic heterocycles. The zero-order valence-electron chi connectivity index (χ0n) is 23.0. The molecule has 0 saturated heterocycles. The average molecular weight is 570 g/mol. The highest BCUT2D eigenvalue weighted by atomic mass is 35.5. The first-order valence-electron chi connectivity index (χ1n) is 12.8. The van der Waals surface area contributed by atoms with E-state index in [2.05, 4.69) is 5.32 Å². The van der Waals surface area contributed by atoms with Gasteiger partial charge in [-0.2, -0.15) is 0 Å². The van der Waals surface area contributed by atoms with Crippen molar-refractivity contribution in [2.75, 3.05) is 10.8 Å². The molecule has 1 N–H and O–H groups in total. The lowest BCUT2D eigenvalue weighted by atomic mass is 10.1. The van der Waals surface area contributed by atoms with Crippen molar-refractivity contribution in [2.24, 2.45) is 0 Å². The van der Waals surface area contributed by atoms with E-state index in [1.54, 1.807) is 43.3 Å². The summed E-state index contributed by atoms with van der Waals surface area (Å²) in [6.45, 7) is 8.79. The fraction of sp³-hybridized carbons (Fsp3) is 0.333. The topological polar surface area (TPSA) is 86.8 Å². The number of benzene rings is 3. The van der Waals surface area contributed by atoms with Crippen LogP contribution in [0.5, 0.6) is 0 Å². The molecule has 3 aromatic rings. The molecular weight excluding hydrogens is 534 g/mol. The summed E-state index contributed by atoms with van der Waals surface area (Å²) in [5.41, 5.74) is 1.14. The molecule has 1 atom stereocenters. The van der Waals surface area contributed by atoms with Crippen molar-refractivity contribution >= 4 is 39.1 Å². The van der Waals surface area contributed by atoms with Gasteiger partial charge in [0.25, 0.3) is 10.0 Å². The van der Waals surface area contributed by atoms with Crippen molar-refractivity contribution in [2.45, 2.75) is 64.1 Å². The van der Waals surface area contributed by atoms with E-state index in [-0.39, 0.29) is 17.3 Å². The molecule has 3 rings (SSSR count). The molecule has 0 aliphatic rings. The molecule has 2 amide bonds. The molecule has 0 fully saturated rings. The molecule has 3 aromatic carbocycles. The van der Waals surface area contributed by atoms with Gasteiger partial charge < -0.3 is 10.2 Å². The van der Waals surface area contributed by atoms with Crippen LogP contribution in [0.15, 0.2) is 83.8 Å². The normalized spacial score (nSPS) is 12.5. The van der Waals surface area contributed by atoms with Crippen LogP contribution in [-0.2, 0) is 26.2 Å². The van der Waals surface area contributed by atoms with Crippen LogP contribution < -0.4 is 9.62 Å². The first-order valence-corrected chi connectivity index (χ1v) is 14.6. The highest BCUT2D eigenvalue weighted by molar-refractivity contribution is 7.92. The van der Waals surface area contributed by atoms with Crippen LogP contribution in [0.1, 0.15) is 45.2 Å². The van der Waals surface area contributed by atoms with Gasteiger partial charge >= 0.3 is 0 Å². The predicted octanol–water partition coefficient (Wildman–Crippen LogP) is 5.57. The monoisotopic (exact) mass is 569 g/mol. The Labute approximate surface area is 236 Å². The SMILES string of the molecule is CCC(C(=O)NC(C)(C)C)N(Cc1ccccc1)C(=O)CN(c1cccc(Cl)c1C)S(=O)(=O)c1ccccc1. The van der Waals surface area contributed by atoms with Crippen molar-refractivity contribution in [3.8, 4) is 0 Å². The van der Waals surface area contributed by atoms with E-state index in [9.17, 15) is 18.0 Å². The van der Waals surface area contributed by atoms with Gasteiger partial charge in [0, 0.05) is 17.1 Å². The summed E-state index contributed by atoms with van der Waals surface area (Å²) < 4.78 is 28.9. The van der Waals surface area contributed by atoms with Gasteiger partial charge in [0.1, 0.15) is 12.6 Å². The number of nitrogens with zero attached hydrogens (tertiary/aromatic N) is 2. The zero-order chi connectivity index (χ0) is 28.8. The van der Waals surface area contributed by atoms with E-state index in [0.29, 0.717) is 22.7 Å². The van der Waals surface area contributed by atoms with Crippen LogP contribution in [0.2, 0.25) is 5.02 Å². The van der Waals surface area contributed by atoms with E-state index in [1.165, 1.54) is 17.0 Å². The Hall–Kier alpha value is -3.36. The number of hydrogen-bond donors (Lipinski definition) is 1. The van der Waals surface area contributed by atoms with Crippen LogP contribution in [0, 0.1) is 6.92 Å². The Balaban J connectivity index is 2.09. The third-order valence-corrected chi connectivity index (χ3v) is 8.38. The minimum absolute atomic E-state index is 0.0457. The summed E-state index contributed by atoms with van der Waals surface area (Å²) in [5.74, 6) is -0.806. The molecule has 9 heteroatoms. The number of hydrogen-bond acceptors (Lipinski definition) is 4. The van der Waals surface area contributed by atoms with Gasteiger partial charge in [-0.1, -0.05) is 73.1 Å². The standard InChI is InChI=1S/C30H36ClN3O4S/c1-6-26(29(36)32-30(3,4)5)33(20-23-14-9-7-10-15-23)28(35)21-34(27-19-13-18-25(31)22(27)2)39(37,38)24-16-11-8-12-17-24/h7-19,26H,6,20-21H2,1-5H3,(H,32,36). The molecule has 0 saturated carbocycles. The first kappa shape index (κ1) is 30.2. The second-order valence-corrected chi connectivity index (χ2v) is 12.6. The van der Waals surface area contributed by atoms with Crippen molar-refractivity contribution in [1.82, 2.24) is 10.2 Å². The van der Waals surface area contributed by atoms with Crippen molar-refractivity contribution in [3.63, 3.8) is 0 Å². The summed E-state index contributed by atoms with van der Waals surface area (Å²) >= 11 is 6.37. The van der Waals surface area contributed by atoms with Crippen LogP contribution in [0.25, 0.3) is 0 Å². The van der Waals surface area contributed by atoms with Gasteiger partial charge in [0.2, 0.25) is 11.8 Å². The number of carbonyl (C=O) groups is 2. The van der Waals surface area contributed by atoms with Crippen LogP contribution in [-0.4, -0.2) is 43.3 Å². The summed E-state index contributed by atoms with van der Waals surface area (Å²) in [4.78, 5) is 28.9. The van der Waals surface area contributed by atoms with Crippen molar-refractivity contribution < 1.29 is 18.0 Å². The Morgan fingerprint density at radius 2 is 1.51 bits per heavy atom. The fourth-order valence-electron chi connectivity index (χ4n) is 4.25. The maximum atomic E-state index is 14.1. The molecule has 1 unspecified atom stereocenters. The molecule has 39 heavy (non-hydrogen) atoms. The van der Waals surface area contributed by atoms with Crippen LogP contribution in [0.3, 0.4) is 0 Å². The van der Waals surface area contributed by atoms with E-state index < -0.39 is 34.1 Å². The number of nitrogens with one attached hydrogen (secondary N) is 1. The number of anilines is 1. The number of sulfonamides is 1. The molecule has 0 bridgehead atoms. The first-order chi connectivity index (χ1) is 18.3. The molecular formula is C30H36ClN3O4S. The van der Waals surface area contributed by atoms with E-state index >= 15 is 0 Å². The molecule has 0 aliphatic carbocycles. The van der Waals surface area contributed by atoms with Gasteiger partial charge in [-0.15, -0.1) is 0 Å². The highest BCUT2D eigenvalue weighted by Crippen LogP contribution is 2.31. The second kappa shape index (κ2) is 12.7. The minimum Gasteiger partial charge on any atom is -0.350 e. The third-order valence-electron chi connectivity index (χ3n) is 6.20. The van der Waals surface area contributed by atoms with Crippen molar-refractivity contribution in [3.05, 3.63) is 95.0 Å². The van der Waals surface area contributed by atoms with E-state index in [1.807, 2.05) is 58.0 Å². The maximum Gasteiger partial charge on any atom is 0.264 e. The van der Waals surface area contributed by atoms with Gasteiger partial charge in [-0.25, -0.2) is 8.42 Å². The largest absolute Gasteiger partial charge is 0.350 e. The van der Waals surface area contributed by atoms with Gasteiger partial charge in [0.15, 0.2) is 0 Å². The quantitative estimate of drug-likeness (QED) is 0.346.